The van der Waals surface area contributed by atoms with Gasteiger partial charge in [-0.15, -0.1) is 0 Å². The first-order valence-corrected chi connectivity index (χ1v) is 8.32. The molecular formula is C20H24N2O2. The van der Waals surface area contributed by atoms with Gasteiger partial charge in [0, 0.05) is 24.2 Å². The molecule has 0 radical (unpaired) electrons. The molecule has 126 valence electrons. The second-order valence-corrected chi connectivity index (χ2v) is 6.77. The number of rotatable bonds is 3. The zero-order valence-corrected chi connectivity index (χ0v) is 14.7. The molecule has 4 heteroatoms. The fraction of sp³-hybridized carbons (Fsp3) is 0.350. The molecular weight excluding hydrogens is 300 g/mol. The summed E-state index contributed by atoms with van der Waals surface area (Å²) in [6, 6.07) is 11.8. The number of nitrogen functional groups attached to an aromatic ring is 1. The van der Waals surface area contributed by atoms with Crippen molar-refractivity contribution >= 4 is 17.3 Å². The van der Waals surface area contributed by atoms with Gasteiger partial charge in [-0.25, -0.2) is 0 Å². The van der Waals surface area contributed by atoms with Gasteiger partial charge in [0.05, 0.1) is 5.69 Å². The predicted octanol–water partition coefficient (Wildman–Crippen LogP) is 3.63. The molecule has 1 aliphatic rings. The van der Waals surface area contributed by atoms with Gasteiger partial charge in [-0.3, -0.25) is 4.79 Å². The van der Waals surface area contributed by atoms with Crippen LogP contribution in [0.3, 0.4) is 0 Å². The Bertz CT molecular complexity index is 783. The zero-order valence-electron chi connectivity index (χ0n) is 14.7. The number of aryl methyl sites for hydroxylation is 2. The summed E-state index contributed by atoms with van der Waals surface area (Å²) in [5.74, 6) is 0.682. The lowest BCUT2D eigenvalue weighted by molar-refractivity contribution is -0.126. The summed E-state index contributed by atoms with van der Waals surface area (Å²) in [7, 11) is 0. The summed E-state index contributed by atoms with van der Waals surface area (Å²) in [6.07, 6.45) is 0.0336. The number of nitrogens with two attached hydrogens (primary N) is 1. The van der Waals surface area contributed by atoms with Crippen molar-refractivity contribution in [3.8, 4) is 5.75 Å². The number of anilines is 2. The van der Waals surface area contributed by atoms with Crippen molar-refractivity contribution < 1.29 is 9.53 Å². The minimum atomic E-state index is -0.526. The number of ether oxygens (including phenoxy) is 1. The quantitative estimate of drug-likeness (QED) is 0.877. The molecule has 0 bridgehead atoms. The second-order valence-electron chi connectivity index (χ2n) is 6.77. The average Bonchev–Trinajstić information content (AvgIpc) is 2.51. The van der Waals surface area contributed by atoms with E-state index in [0.717, 1.165) is 11.3 Å². The molecule has 0 saturated carbocycles. The molecule has 0 saturated heterocycles. The second kappa shape index (κ2) is 6.19. The highest BCUT2D eigenvalue weighted by Crippen LogP contribution is 2.37. The van der Waals surface area contributed by atoms with E-state index in [4.69, 9.17) is 10.5 Å². The predicted molar refractivity (Wildman–Crippen MR) is 97.5 cm³/mol. The number of fused-ring (bicyclic) bond motifs is 1. The van der Waals surface area contributed by atoms with Crippen LogP contribution in [0.2, 0.25) is 0 Å². The van der Waals surface area contributed by atoms with Gasteiger partial charge in [-0.2, -0.15) is 0 Å². The van der Waals surface area contributed by atoms with E-state index >= 15 is 0 Å². The standard InChI is InChI=1S/C20H24N2O2/c1-12(2)22-17-8-7-16(21)11-18(17)24-19(20(22)23)10-15-9-13(3)5-6-14(15)4/h5-9,11-12,19H,10,21H2,1-4H3. The number of carbonyl (C=O) groups excluding carboxylic acids is 1. The van der Waals surface area contributed by atoms with Gasteiger partial charge in [0.25, 0.3) is 5.91 Å². The van der Waals surface area contributed by atoms with Gasteiger partial charge in [-0.05, 0) is 51.0 Å². The molecule has 0 aliphatic carbocycles. The summed E-state index contributed by atoms with van der Waals surface area (Å²) in [4.78, 5) is 14.8. The maximum absolute atomic E-state index is 13.0. The first kappa shape index (κ1) is 16.4. The zero-order chi connectivity index (χ0) is 17.4. The van der Waals surface area contributed by atoms with E-state index in [1.165, 1.54) is 11.1 Å². The number of hydrogen-bond acceptors (Lipinski definition) is 3. The fourth-order valence-electron chi connectivity index (χ4n) is 3.18. The Morgan fingerprint density at radius 2 is 1.92 bits per heavy atom. The van der Waals surface area contributed by atoms with E-state index in [9.17, 15) is 4.79 Å². The van der Waals surface area contributed by atoms with Crippen LogP contribution in [0.1, 0.15) is 30.5 Å². The van der Waals surface area contributed by atoms with Gasteiger partial charge in [-0.1, -0.05) is 23.8 Å². The summed E-state index contributed by atoms with van der Waals surface area (Å²) in [6.45, 7) is 8.15. The van der Waals surface area contributed by atoms with E-state index in [0.29, 0.717) is 17.9 Å². The Balaban J connectivity index is 1.98. The van der Waals surface area contributed by atoms with Crippen molar-refractivity contribution in [3.05, 3.63) is 53.1 Å². The minimum absolute atomic E-state index is 0.00294. The molecule has 2 N–H and O–H groups in total. The van der Waals surface area contributed by atoms with Crippen LogP contribution in [-0.4, -0.2) is 18.1 Å². The SMILES string of the molecule is Cc1ccc(C)c(CC2Oc3cc(N)ccc3N(C(C)C)C2=O)c1. The maximum atomic E-state index is 13.0. The Morgan fingerprint density at radius 1 is 1.17 bits per heavy atom. The maximum Gasteiger partial charge on any atom is 0.268 e. The topological polar surface area (TPSA) is 55.6 Å². The van der Waals surface area contributed by atoms with E-state index < -0.39 is 6.10 Å². The van der Waals surface area contributed by atoms with E-state index in [2.05, 4.69) is 32.0 Å². The highest BCUT2D eigenvalue weighted by molar-refractivity contribution is 6.01. The third-order valence-electron chi connectivity index (χ3n) is 4.45. The molecule has 24 heavy (non-hydrogen) atoms. The highest BCUT2D eigenvalue weighted by Gasteiger charge is 2.36. The van der Waals surface area contributed by atoms with Crippen molar-refractivity contribution in [1.82, 2.24) is 0 Å². The van der Waals surface area contributed by atoms with Crippen LogP contribution in [-0.2, 0) is 11.2 Å². The number of amides is 1. The van der Waals surface area contributed by atoms with Crippen LogP contribution in [0.5, 0.6) is 5.75 Å². The smallest absolute Gasteiger partial charge is 0.268 e. The summed E-state index contributed by atoms with van der Waals surface area (Å²) >= 11 is 0. The summed E-state index contributed by atoms with van der Waals surface area (Å²) < 4.78 is 6.03. The van der Waals surface area contributed by atoms with Gasteiger partial charge in [0.1, 0.15) is 5.75 Å². The van der Waals surface area contributed by atoms with Gasteiger partial charge in [0.15, 0.2) is 6.10 Å². The van der Waals surface area contributed by atoms with Crippen LogP contribution in [0, 0.1) is 13.8 Å². The Hall–Kier alpha value is -2.49. The van der Waals surface area contributed by atoms with Crippen LogP contribution >= 0.6 is 0 Å². The number of carbonyl (C=O) groups is 1. The third kappa shape index (κ3) is 2.96. The fourth-order valence-corrected chi connectivity index (χ4v) is 3.18. The third-order valence-corrected chi connectivity index (χ3v) is 4.45. The minimum Gasteiger partial charge on any atom is -0.478 e. The van der Waals surface area contributed by atoms with E-state index in [-0.39, 0.29) is 11.9 Å². The first-order chi connectivity index (χ1) is 11.4. The van der Waals surface area contributed by atoms with Gasteiger partial charge < -0.3 is 15.4 Å². The molecule has 1 aliphatic heterocycles. The summed E-state index contributed by atoms with van der Waals surface area (Å²) in [5, 5.41) is 0. The van der Waals surface area contributed by atoms with Crippen LogP contribution < -0.4 is 15.4 Å². The lowest BCUT2D eigenvalue weighted by Crippen LogP contribution is -2.50. The molecule has 0 spiro atoms. The molecule has 1 unspecified atom stereocenters. The molecule has 4 nitrogen and oxygen atoms in total. The van der Waals surface area contributed by atoms with Crippen LogP contribution in [0.15, 0.2) is 36.4 Å². The van der Waals surface area contributed by atoms with E-state index in [1.54, 1.807) is 12.1 Å². The lowest BCUT2D eigenvalue weighted by atomic mass is 9.98. The molecule has 0 fully saturated rings. The van der Waals surface area contributed by atoms with Crippen molar-refractivity contribution in [3.63, 3.8) is 0 Å². The van der Waals surface area contributed by atoms with Crippen molar-refractivity contribution in [2.45, 2.75) is 46.3 Å². The molecule has 2 aromatic rings. The highest BCUT2D eigenvalue weighted by atomic mass is 16.5. The van der Waals surface area contributed by atoms with Crippen LogP contribution in [0.25, 0.3) is 0 Å². The number of hydrogen-bond donors (Lipinski definition) is 1. The molecule has 1 amide bonds. The summed E-state index contributed by atoms with van der Waals surface area (Å²) in [5.41, 5.74) is 10.8. The molecule has 2 aromatic carbocycles. The van der Waals surface area contributed by atoms with E-state index in [1.807, 2.05) is 24.8 Å². The van der Waals surface area contributed by atoms with Crippen molar-refractivity contribution in [2.75, 3.05) is 10.6 Å². The lowest BCUT2D eigenvalue weighted by Gasteiger charge is -2.37. The Morgan fingerprint density at radius 3 is 2.62 bits per heavy atom. The normalized spacial score (nSPS) is 17.0. The Labute approximate surface area is 143 Å². The largest absolute Gasteiger partial charge is 0.478 e. The number of nitrogens with zero attached hydrogens (tertiary/aromatic N) is 1. The monoisotopic (exact) mass is 324 g/mol. The average molecular weight is 324 g/mol. The Kier molecular flexibility index (Phi) is 4.22. The molecule has 1 atom stereocenters. The van der Waals surface area contributed by atoms with Gasteiger partial charge in [0.2, 0.25) is 0 Å². The van der Waals surface area contributed by atoms with Crippen LogP contribution in [0.4, 0.5) is 11.4 Å². The molecule has 3 rings (SSSR count). The number of benzene rings is 2. The first-order valence-electron chi connectivity index (χ1n) is 8.32. The van der Waals surface area contributed by atoms with Crippen molar-refractivity contribution in [1.29, 1.82) is 0 Å². The molecule has 1 heterocycles. The van der Waals surface area contributed by atoms with Crippen molar-refractivity contribution in [2.24, 2.45) is 0 Å². The molecule has 0 aromatic heterocycles. The van der Waals surface area contributed by atoms with Gasteiger partial charge >= 0.3 is 0 Å².